The van der Waals surface area contributed by atoms with E-state index in [1.54, 1.807) is 36.4 Å². The summed E-state index contributed by atoms with van der Waals surface area (Å²) in [6, 6.07) is 11.3. The van der Waals surface area contributed by atoms with Gasteiger partial charge in [-0.15, -0.1) is 0 Å². The lowest BCUT2D eigenvalue weighted by Crippen LogP contribution is -2.43. The highest BCUT2D eigenvalue weighted by molar-refractivity contribution is 5.94. The number of nitrogens with one attached hydrogen (secondary N) is 1. The van der Waals surface area contributed by atoms with Crippen LogP contribution in [0.15, 0.2) is 48.7 Å². The molecule has 1 aliphatic carbocycles. The van der Waals surface area contributed by atoms with Gasteiger partial charge in [-0.05, 0) is 43.9 Å². The smallest absolute Gasteiger partial charge is 0.433 e. The van der Waals surface area contributed by atoms with E-state index < -0.39 is 11.9 Å². The molecule has 1 aromatic carbocycles. The standard InChI is InChI=1S/C24H25F3N4O2/c1-31(20-14-21(24(25,26)27)30-19-6-4-3-5-18(19)20)17-9-7-16(8-10-17)29-23(32)15-11-12-28-22(13-15)33-2/h3-6,11-14,16-17H,7-10H2,1-2H3,(H,29,32)/t16-,17+. The van der Waals surface area contributed by atoms with E-state index in [9.17, 15) is 18.0 Å². The first-order chi connectivity index (χ1) is 15.8. The molecule has 2 heterocycles. The lowest BCUT2D eigenvalue weighted by Gasteiger charge is -2.37. The molecule has 0 unspecified atom stereocenters. The summed E-state index contributed by atoms with van der Waals surface area (Å²) in [5.41, 5.74) is 0.424. The molecule has 1 amide bonds. The maximum Gasteiger partial charge on any atom is 0.433 e. The first-order valence-electron chi connectivity index (χ1n) is 10.8. The Hall–Kier alpha value is -3.36. The summed E-state index contributed by atoms with van der Waals surface area (Å²) in [6.45, 7) is 0. The van der Waals surface area contributed by atoms with Gasteiger partial charge in [-0.2, -0.15) is 13.2 Å². The summed E-state index contributed by atoms with van der Waals surface area (Å²) in [5.74, 6) is 0.179. The average molecular weight is 458 g/mol. The van der Waals surface area contributed by atoms with Gasteiger partial charge in [0, 0.05) is 48.0 Å². The second-order valence-electron chi connectivity index (χ2n) is 8.22. The molecule has 0 aliphatic heterocycles. The summed E-state index contributed by atoms with van der Waals surface area (Å²) >= 11 is 0. The molecule has 174 valence electrons. The molecule has 9 heteroatoms. The Morgan fingerprint density at radius 3 is 2.55 bits per heavy atom. The third-order valence-electron chi connectivity index (χ3n) is 6.15. The summed E-state index contributed by atoms with van der Waals surface area (Å²) in [6.07, 6.45) is -0.0283. The Morgan fingerprint density at radius 2 is 1.85 bits per heavy atom. The number of rotatable bonds is 5. The van der Waals surface area contributed by atoms with Gasteiger partial charge >= 0.3 is 6.18 Å². The fourth-order valence-corrected chi connectivity index (χ4v) is 4.33. The van der Waals surface area contributed by atoms with Gasteiger partial charge in [0.25, 0.3) is 5.91 Å². The lowest BCUT2D eigenvalue weighted by molar-refractivity contribution is -0.140. The van der Waals surface area contributed by atoms with Crippen LogP contribution in [0.3, 0.4) is 0 Å². The van der Waals surface area contributed by atoms with Crippen molar-refractivity contribution in [2.75, 3.05) is 19.1 Å². The Bertz CT molecular complexity index is 1140. The van der Waals surface area contributed by atoms with Gasteiger partial charge in [-0.25, -0.2) is 9.97 Å². The van der Waals surface area contributed by atoms with E-state index in [2.05, 4.69) is 15.3 Å². The summed E-state index contributed by atoms with van der Waals surface area (Å²) in [7, 11) is 3.32. The Morgan fingerprint density at radius 1 is 1.12 bits per heavy atom. The molecule has 1 aliphatic rings. The first kappa shape index (κ1) is 22.8. The molecule has 6 nitrogen and oxygen atoms in total. The van der Waals surface area contributed by atoms with Crippen LogP contribution in [0.25, 0.3) is 10.9 Å². The summed E-state index contributed by atoms with van der Waals surface area (Å²) in [5, 5.41) is 3.73. The zero-order valence-electron chi connectivity index (χ0n) is 18.4. The molecule has 0 bridgehead atoms. The number of amides is 1. The van der Waals surface area contributed by atoms with Crippen molar-refractivity contribution in [2.45, 2.75) is 43.9 Å². The van der Waals surface area contributed by atoms with Gasteiger partial charge in [-0.1, -0.05) is 18.2 Å². The zero-order valence-corrected chi connectivity index (χ0v) is 18.4. The Kier molecular flexibility index (Phi) is 6.40. The quantitative estimate of drug-likeness (QED) is 0.593. The van der Waals surface area contributed by atoms with Crippen molar-refractivity contribution < 1.29 is 22.7 Å². The second-order valence-corrected chi connectivity index (χ2v) is 8.22. The molecule has 1 fully saturated rings. The predicted molar refractivity (Wildman–Crippen MR) is 119 cm³/mol. The van der Waals surface area contributed by atoms with Crippen molar-refractivity contribution in [2.24, 2.45) is 0 Å². The highest BCUT2D eigenvalue weighted by Crippen LogP contribution is 2.36. The molecule has 1 N–H and O–H groups in total. The summed E-state index contributed by atoms with van der Waals surface area (Å²) in [4.78, 5) is 22.3. The topological polar surface area (TPSA) is 67.3 Å². The second kappa shape index (κ2) is 9.25. The Balaban J connectivity index is 1.46. The maximum absolute atomic E-state index is 13.4. The number of pyridine rings is 2. The molecule has 0 spiro atoms. The van der Waals surface area contributed by atoms with E-state index in [0.717, 1.165) is 31.7 Å². The van der Waals surface area contributed by atoms with Crippen molar-refractivity contribution >= 4 is 22.5 Å². The van der Waals surface area contributed by atoms with Crippen molar-refractivity contribution in [3.8, 4) is 5.88 Å². The van der Waals surface area contributed by atoms with E-state index in [1.165, 1.54) is 13.3 Å². The zero-order chi connectivity index (χ0) is 23.6. The molecule has 2 aromatic heterocycles. The van der Waals surface area contributed by atoms with Crippen molar-refractivity contribution in [1.29, 1.82) is 0 Å². The minimum Gasteiger partial charge on any atom is -0.481 e. The number of alkyl halides is 3. The molecule has 0 atom stereocenters. The minimum atomic E-state index is -4.52. The maximum atomic E-state index is 13.4. The third kappa shape index (κ3) is 5.02. The molecular formula is C24H25F3N4O2. The number of hydrogen-bond donors (Lipinski definition) is 1. The number of methoxy groups -OCH3 is 1. The van der Waals surface area contributed by atoms with Crippen LogP contribution >= 0.6 is 0 Å². The van der Waals surface area contributed by atoms with Crippen LogP contribution in [-0.2, 0) is 6.18 Å². The van der Waals surface area contributed by atoms with E-state index in [-0.39, 0.29) is 18.0 Å². The van der Waals surface area contributed by atoms with Gasteiger partial charge in [0.1, 0.15) is 5.69 Å². The van der Waals surface area contributed by atoms with Crippen LogP contribution in [0.4, 0.5) is 18.9 Å². The van der Waals surface area contributed by atoms with Crippen molar-refractivity contribution in [1.82, 2.24) is 15.3 Å². The average Bonchev–Trinajstić information content (AvgIpc) is 2.82. The molecular weight excluding hydrogens is 433 g/mol. The van der Waals surface area contributed by atoms with Crippen molar-refractivity contribution in [3.63, 3.8) is 0 Å². The number of ether oxygens (including phenoxy) is 1. The van der Waals surface area contributed by atoms with Crippen LogP contribution in [0.1, 0.15) is 41.7 Å². The van der Waals surface area contributed by atoms with Gasteiger partial charge in [0.05, 0.1) is 12.6 Å². The van der Waals surface area contributed by atoms with Crippen LogP contribution in [0, 0.1) is 0 Å². The monoisotopic (exact) mass is 458 g/mol. The number of carbonyl (C=O) groups excluding carboxylic acids is 1. The number of aromatic nitrogens is 2. The molecule has 33 heavy (non-hydrogen) atoms. The third-order valence-corrected chi connectivity index (χ3v) is 6.15. The largest absolute Gasteiger partial charge is 0.481 e. The van der Waals surface area contributed by atoms with Crippen LogP contribution in [0.2, 0.25) is 0 Å². The predicted octanol–water partition coefficient (Wildman–Crippen LogP) is 4.83. The number of nitrogens with zero attached hydrogens (tertiary/aromatic N) is 3. The summed E-state index contributed by atoms with van der Waals surface area (Å²) < 4.78 is 45.4. The fourth-order valence-electron chi connectivity index (χ4n) is 4.33. The molecule has 0 saturated heterocycles. The number of fused-ring (bicyclic) bond motifs is 1. The van der Waals surface area contributed by atoms with Crippen LogP contribution in [-0.4, -0.2) is 42.1 Å². The molecule has 1 saturated carbocycles. The van der Waals surface area contributed by atoms with Gasteiger partial charge < -0.3 is 15.0 Å². The van der Waals surface area contributed by atoms with E-state index in [0.29, 0.717) is 28.0 Å². The van der Waals surface area contributed by atoms with Gasteiger partial charge in [0.2, 0.25) is 5.88 Å². The molecule has 4 rings (SSSR count). The fraction of sp³-hybridized carbons (Fsp3) is 0.375. The number of para-hydroxylation sites is 1. The lowest BCUT2D eigenvalue weighted by atomic mass is 9.89. The van der Waals surface area contributed by atoms with Crippen LogP contribution < -0.4 is 15.0 Å². The number of anilines is 1. The number of carbonyl (C=O) groups is 1. The normalized spacial score (nSPS) is 18.7. The molecule has 3 aromatic rings. The first-order valence-corrected chi connectivity index (χ1v) is 10.8. The highest BCUT2D eigenvalue weighted by Gasteiger charge is 2.34. The van der Waals surface area contributed by atoms with Crippen LogP contribution in [0.5, 0.6) is 5.88 Å². The number of halogens is 3. The van der Waals surface area contributed by atoms with Gasteiger partial charge in [-0.3, -0.25) is 4.79 Å². The highest BCUT2D eigenvalue weighted by atomic mass is 19.4. The van der Waals surface area contributed by atoms with Gasteiger partial charge in [0.15, 0.2) is 0 Å². The number of hydrogen-bond acceptors (Lipinski definition) is 5. The Labute approximate surface area is 189 Å². The van der Waals surface area contributed by atoms with Crippen molar-refractivity contribution in [3.05, 3.63) is 59.9 Å². The number of benzene rings is 1. The van der Waals surface area contributed by atoms with E-state index in [1.807, 2.05) is 11.9 Å². The SMILES string of the molecule is COc1cc(C(=O)N[C@H]2CC[C@@H](N(C)c3cc(C(F)(F)F)nc4ccccc34)CC2)ccn1. The van der Waals surface area contributed by atoms with E-state index in [4.69, 9.17) is 4.74 Å². The molecule has 0 radical (unpaired) electrons. The van der Waals surface area contributed by atoms with E-state index >= 15 is 0 Å². The minimum absolute atomic E-state index is 0.00114.